The van der Waals surface area contributed by atoms with Gasteiger partial charge in [0.15, 0.2) is 0 Å². The number of allylic oxidation sites excluding steroid dienone is 4. The van der Waals surface area contributed by atoms with E-state index in [0.717, 1.165) is 10.9 Å². The van der Waals surface area contributed by atoms with Crippen molar-refractivity contribution in [1.29, 1.82) is 0 Å². The minimum Gasteiger partial charge on any atom is -1.00 e. The predicted octanol–water partition coefficient (Wildman–Crippen LogP) is 1.23. The number of hydrogen-bond donors (Lipinski definition) is 0. The summed E-state index contributed by atoms with van der Waals surface area (Å²) in [7, 11) is 0. The molecule has 0 saturated heterocycles. The molecule has 0 amide bonds. The van der Waals surface area contributed by atoms with E-state index in [0.29, 0.717) is 0 Å². The first-order valence-electron chi connectivity index (χ1n) is 7.48. The van der Waals surface area contributed by atoms with E-state index in [9.17, 15) is 0 Å². The van der Waals surface area contributed by atoms with Crippen molar-refractivity contribution in [1.82, 2.24) is 0 Å². The van der Waals surface area contributed by atoms with Crippen molar-refractivity contribution >= 4 is 48.2 Å². The van der Waals surface area contributed by atoms with E-state index in [1.165, 1.54) is 31.9 Å². The molecule has 0 saturated carbocycles. The monoisotopic (exact) mass is 586 g/mol. The van der Waals surface area contributed by atoms with Gasteiger partial charge in [0.1, 0.15) is 0 Å². The van der Waals surface area contributed by atoms with E-state index < -0.39 is 0 Å². The third-order valence-electron chi connectivity index (χ3n) is 3.72. The summed E-state index contributed by atoms with van der Waals surface area (Å²) in [4.78, 5) is 0. The van der Waals surface area contributed by atoms with Crippen LogP contribution in [-0.4, -0.2) is 0 Å². The van der Waals surface area contributed by atoms with Crippen molar-refractivity contribution in [3.05, 3.63) is 92.9 Å². The summed E-state index contributed by atoms with van der Waals surface area (Å²) in [6, 6.07) is 19.0. The van der Waals surface area contributed by atoms with Gasteiger partial charge in [0.05, 0.1) is 0 Å². The van der Waals surface area contributed by atoms with E-state index in [4.69, 9.17) is 0 Å². The molecule has 1 aliphatic rings. The quantitative estimate of drug-likeness (QED) is 0.375. The van der Waals surface area contributed by atoms with Crippen molar-refractivity contribution in [2.75, 3.05) is 0 Å². The van der Waals surface area contributed by atoms with Crippen molar-refractivity contribution in [3.63, 3.8) is 0 Å². The van der Waals surface area contributed by atoms with Crippen LogP contribution in [0.5, 0.6) is 0 Å². The molecule has 0 spiro atoms. The van der Waals surface area contributed by atoms with E-state index in [2.05, 4.69) is 106 Å². The Labute approximate surface area is 203 Å². The molecule has 0 nitrogen and oxygen atoms in total. The van der Waals surface area contributed by atoms with Crippen molar-refractivity contribution in [2.24, 2.45) is 0 Å². The average Bonchev–Trinajstić information content (AvgIpc) is 3.18. The van der Waals surface area contributed by atoms with Crippen molar-refractivity contribution in [3.8, 4) is 0 Å². The molecule has 4 rings (SSSR count). The van der Waals surface area contributed by atoms with Crippen LogP contribution in [0.25, 0.3) is 16.3 Å². The Bertz CT molecular complexity index is 881. The minimum absolute atomic E-state index is 0. The number of benzene rings is 2. The number of fused-ring (bicyclic) bond motifs is 1. The standard InChI is InChI=1S/C11H8Br.C10H8Br.2ClH.Zr/c12-11-7-5-10(6-8-11)9-3-1-2-4-9;1-7-5-8-3-2-4-10(11)9(8)6-7;;;/h3-8H,1H2;2-6H,1H3;2*1H;/q2*-1;;;+4/p-2. The molecular weight excluding hydrogens is 574 g/mol. The number of aryl methyl sites for hydroxylation is 1. The Hall–Kier alpha value is -0.0469. The molecule has 1 aliphatic carbocycles. The number of rotatable bonds is 1. The zero-order valence-corrected chi connectivity index (χ0v) is 21.2. The Morgan fingerprint density at radius 1 is 1.00 bits per heavy atom. The molecule has 0 aliphatic heterocycles. The zero-order valence-electron chi connectivity index (χ0n) is 14.1. The minimum atomic E-state index is 0. The second-order valence-corrected chi connectivity index (χ2v) is 7.26. The summed E-state index contributed by atoms with van der Waals surface area (Å²) in [6.45, 7) is 2.12. The number of hydrogen-bond acceptors (Lipinski definition) is 0. The molecule has 26 heavy (non-hydrogen) atoms. The van der Waals surface area contributed by atoms with Gasteiger partial charge in [-0.25, -0.2) is 6.08 Å². The van der Waals surface area contributed by atoms with E-state index in [1.807, 2.05) is 6.08 Å². The predicted molar refractivity (Wildman–Crippen MR) is 107 cm³/mol. The second kappa shape index (κ2) is 12.4. The maximum absolute atomic E-state index is 3.51. The van der Waals surface area contributed by atoms with E-state index >= 15 is 0 Å². The fourth-order valence-electron chi connectivity index (χ4n) is 2.59. The smallest absolute Gasteiger partial charge is 1.00 e. The van der Waals surface area contributed by atoms with Gasteiger partial charge in [0.2, 0.25) is 0 Å². The van der Waals surface area contributed by atoms with Gasteiger partial charge in [-0.15, -0.1) is 46.5 Å². The van der Waals surface area contributed by atoms with Crippen LogP contribution in [0.15, 0.2) is 75.7 Å². The van der Waals surface area contributed by atoms with Gasteiger partial charge in [-0.1, -0.05) is 57.0 Å². The van der Waals surface area contributed by atoms with Gasteiger partial charge in [-0.2, -0.15) is 17.7 Å². The average molecular weight is 590 g/mol. The van der Waals surface area contributed by atoms with Crippen molar-refractivity contribution in [2.45, 2.75) is 13.3 Å². The summed E-state index contributed by atoms with van der Waals surface area (Å²) in [6.07, 6.45) is 8.33. The Balaban J connectivity index is 0.000000432. The first-order valence-corrected chi connectivity index (χ1v) is 9.06. The molecule has 3 aromatic carbocycles. The van der Waals surface area contributed by atoms with Crippen LogP contribution >= 0.6 is 31.9 Å². The largest absolute Gasteiger partial charge is 4.00 e. The molecular formula is C21H16Br2Cl2Zr. The molecule has 0 atom stereocenters. The maximum atomic E-state index is 3.51. The van der Waals surface area contributed by atoms with Gasteiger partial charge in [0, 0.05) is 4.47 Å². The molecule has 3 aromatic rings. The summed E-state index contributed by atoms with van der Waals surface area (Å²) in [5.41, 5.74) is 3.87. The first kappa shape index (κ1) is 26.0. The summed E-state index contributed by atoms with van der Waals surface area (Å²) >= 11 is 6.92. The summed E-state index contributed by atoms with van der Waals surface area (Å²) in [5, 5.41) is 2.63. The van der Waals surface area contributed by atoms with Crippen LogP contribution in [0, 0.1) is 13.0 Å². The van der Waals surface area contributed by atoms with Gasteiger partial charge >= 0.3 is 26.2 Å². The molecule has 5 heteroatoms. The molecule has 0 heterocycles. The van der Waals surface area contributed by atoms with Gasteiger partial charge in [-0.3, -0.25) is 6.08 Å². The number of halogens is 4. The molecule has 0 fully saturated rings. The van der Waals surface area contributed by atoms with Gasteiger partial charge in [0.25, 0.3) is 0 Å². The Morgan fingerprint density at radius 2 is 1.69 bits per heavy atom. The summed E-state index contributed by atoms with van der Waals surface area (Å²) in [5.74, 6) is 0. The molecule has 0 N–H and O–H groups in total. The third kappa shape index (κ3) is 6.84. The molecule has 0 bridgehead atoms. The van der Waals surface area contributed by atoms with Gasteiger partial charge < -0.3 is 24.8 Å². The molecule has 0 aromatic heterocycles. The van der Waals surface area contributed by atoms with Crippen LogP contribution in [-0.2, 0) is 26.2 Å². The third-order valence-corrected chi connectivity index (χ3v) is 4.94. The van der Waals surface area contributed by atoms with Crippen LogP contribution in [0.4, 0.5) is 0 Å². The van der Waals surface area contributed by atoms with Crippen molar-refractivity contribution < 1.29 is 51.0 Å². The first-order chi connectivity index (χ1) is 11.1. The summed E-state index contributed by atoms with van der Waals surface area (Å²) < 4.78 is 2.31. The van der Waals surface area contributed by atoms with Crippen LogP contribution in [0.1, 0.15) is 17.5 Å². The fourth-order valence-corrected chi connectivity index (χ4v) is 3.35. The zero-order chi connectivity index (χ0) is 16.2. The van der Waals surface area contributed by atoms with Gasteiger partial charge in [-0.05, 0) is 16.6 Å². The molecule has 0 unspecified atom stereocenters. The fraction of sp³-hybridized carbons (Fsp3) is 0.0952. The van der Waals surface area contributed by atoms with E-state index in [-0.39, 0.29) is 51.0 Å². The maximum Gasteiger partial charge on any atom is 4.00 e. The van der Waals surface area contributed by atoms with Crippen LogP contribution < -0.4 is 24.8 Å². The Morgan fingerprint density at radius 3 is 2.27 bits per heavy atom. The molecule has 132 valence electrons. The topological polar surface area (TPSA) is 0 Å². The van der Waals surface area contributed by atoms with Crippen LogP contribution in [0.3, 0.4) is 0 Å². The second-order valence-electron chi connectivity index (χ2n) is 5.49. The van der Waals surface area contributed by atoms with Crippen LogP contribution in [0.2, 0.25) is 0 Å². The SMILES string of the molecule is Brc1ccc(C2=CC[C-]=C2)cc1.Cc1cc2c(Br)cccc2[cH-]1.[Cl-].[Cl-].[Zr+4]. The molecule has 0 radical (unpaired) electrons. The normalized spacial score (nSPS) is 11.4. The van der Waals surface area contributed by atoms with E-state index in [1.54, 1.807) is 0 Å². The Kier molecular flexibility index (Phi) is 12.4.